The second-order valence-electron chi connectivity index (χ2n) is 3.31. The second kappa shape index (κ2) is 5.75. The van der Waals surface area contributed by atoms with Crippen molar-refractivity contribution >= 4 is 11.9 Å². The third kappa shape index (κ3) is 3.27. The number of carbonyl (C=O) groups excluding carboxylic acids is 1. The molecule has 5 heteroatoms. The molecule has 0 bridgehead atoms. The Morgan fingerprint density at radius 3 is 2.44 bits per heavy atom. The number of hydrogen-bond donors (Lipinski definition) is 1. The number of oxime groups is 1. The van der Waals surface area contributed by atoms with Gasteiger partial charge >= 0.3 is 6.03 Å². The number of nitrogens with zero attached hydrogens (tertiary/aromatic N) is 2. The molecule has 0 saturated carbocycles. The summed E-state index contributed by atoms with van der Waals surface area (Å²) in [5.74, 6) is 0.391. The number of urea groups is 1. The average molecular weight is 221 g/mol. The minimum absolute atomic E-state index is 0.250. The summed E-state index contributed by atoms with van der Waals surface area (Å²) in [7, 11) is 4.75. The van der Waals surface area contributed by atoms with Crippen molar-refractivity contribution in [3.05, 3.63) is 35.9 Å². The topological polar surface area (TPSA) is 53.9 Å². The summed E-state index contributed by atoms with van der Waals surface area (Å²) < 4.78 is 0. The molecular weight excluding hydrogens is 206 g/mol. The zero-order valence-corrected chi connectivity index (χ0v) is 9.60. The Kier molecular flexibility index (Phi) is 4.32. The minimum atomic E-state index is -0.250. The van der Waals surface area contributed by atoms with Crippen molar-refractivity contribution in [3.63, 3.8) is 0 Å². The zero-order valence-electron chi connectivity index (χ0n) is 9.60. The van der Waals surface area contributed by atoms with Crippen molar-refractivity contribution in [1.29, 1.82) is 0 Å². The van der Waals surface area contributed by atoms with Gasteiger partial charge in [0.15, 0.2) is 5.84 Å². The molecular formula is C11H15N3O2. The lowest BCUT2D eigenvalue weighted by Gasteiger charge is -2.13. The quantitative estimate of drug-likeness (QED) is 0.464. The summed E-state index contributed by atoms with van der Waals surface area (Å²) in [6.45, 7) is 0. The predicted molar refractivity (Wildman–Crippen MR) is 62.2 cm³/mol. The molecule has 0 aromatic heterocycles. The maximum atomic E-state index is 11.5. The largest absolute Gasteiger partial charge is 0.397 e. The number of benzene rings is 1. The SMILES string of the molecule is CO/N=C(\NC(=O)N(C)C)c1ccccc1. The number of nitrogens with one attached hydrogen (secondary N) is 1. The van der Waals surface area contributed by atoms with Crippen LogP contribution in [0.3, 0.4) is 0 Å². The molecule has 0 aliphatic heterocycles. The number of rotatable bonds is 2. The third-order valence-electron chi connectivity index (χ3n) is 1.86. The van der Waals surface area contributed by atoms with Gasteiger partial charge in [-0.2, -0.15) is 0 Å². The van der Waals surface area contributed by atoms with Gasteiger partial charge in [0, 0.05) is 19.7 Å². The van der Waals surface area contributed by atoms with Gasteiger partial charge in [0.25, 0.3) is 0 Å². The van der Waals surface area contributed by atoms with Crippen LogP contribution in [-0.2, 0) is 4.84 Å². The Hall–Kier alpha value is -2.04. The van der Waals surface area contributed by atoms with E-state index in [2.05, 4.69) is 10.5 Å². The van der Waals surface area contributed by atoms with E-state index in [4.69, 9.17) is 4.84 Å². The van der Waals surface area contributed by atoms with E-state index in [0.29, 0.717) is 5.84 Å². The van der Waals surface area contributed by atoms with Crippen molar-refractivity contribution in [2.24, 2.45) is 5.16 Å². The van der Waals surface area contributed by atoms with Crippen molar-refractivity contribution < 1.29 is 9.63 Å². The fraction of sp³-hybridized carbons (Fsp3) is 0.273. The Morgan fingerprint density at radius 2 is 1.94 bits per heavy atom. The second-order valence-corrected chi connectivity index (χ2v) is 3.31. The molecule has 5 nitrogen and oxygen atoms in total. The van der Waals surface area contributed by atoms with Gasteiger partial charge in [-0.1, -0.05) is 35.5 Å². The summed E-state index contributed by atoms with van der Waals surface area (Å²) in [5.41, 5.74) is 0.791. The molecule has 0 aliphatic rings. The summed E-state index contributed by atoms with van der Waals surface area (Å²) >= 11 is 0. The molecule has 0 atom stereocenters. The number of amides is 2. The molecule has 1 rings (SSSR count). The van der Waals surface area contributed by atoms with E-state index in [1.807, 2.05) is 30.3 Å². The standard InChI is InChI=1S/C11H15N3O2/c1-14(2)11(15)12-10(13-16-3)9-7-5-4-6-8-9/h4-8H,1-3H3,(H,12,13,15). The van der Waals surface area contributed by atoms with Crippen LogP contribution >= 0.6 is 0 Å². The van der Waals surface area contributed by atoms with E-state index in [-0.39, 0.29) is 6.03 Å². The first-order valence-corrected chi connectivity index (χ1v) is 4.80. The number of hydrogen-bond acceptors (Lipinski definition) is 3. The maximum Gasteiger partial charge on any atom is 0.322 e. The highest BCUT2D eigenvalue weighted by molar-refractivity contribution is 6.07. The number of carbonyl (C=O) groups is 1. The van der Waals surface area contributed by atoms with Crippen molar-refractivity contribution in [2.45, 2.75) is 0 Å². The van der Waals surface area contributed by atoms with E-state index in [1.54, 1.807) is 14.1 Å². The van der Waals surface area contributed by atoms with Gasteiger partial charge in [0.1, 0.15) is 7.11 Å². The molecule has 0 spiro atoms. The maximum absolute atomic E-state index is 11.5. The van der Waals surface area contributed by atoms with Gasteiger partial charge in [-0.25, -0.2) is 4.79 Å². The highest BCUT2D eigenvalue weighted by atomic mass is 16.6. The first kappa shape index (κ1) is 12.0. The summed E-state index contributed by atoms with van der Waals surface area (Å²) in [6, 6.07) is 9.05. The third-order valence-corrected chi connectivity index (χ3v) is 1.86. The van der Waals surface area contributed by atoms with Crippen LogP contribution in [0.5, 0.6) is 0 Å². The molecule has 0 heterocycles. The van der Waals surface area contributed by atoms with Crippen molar-refractivity contribution in [1.82, 2.24) is 10.2 Å². The molecule has 1 aromatic rings. The molecule has 16 heavy (non-hydrogen) atoms. The zero-order chi connectivity index (χ0) is 12.0. The van der Waals surface area contributed by atoms with E-state index < -0.39 is 0 Å². The summed E-state index contributed by atoms with van der Waals surface area (Å²) in [6.07, 6.45) is 0. The lowest BCUT2D eigenvalue weighted by Crippen LogP contribution is -2.39. The smallest absolute Gasteiger partial charge is 0.322 e. The van der Waals surface area contributed by atoms with Crippen molar-refractivity contribution in [2.75, 3.05) is 21.2 Å². The van der Waals surface area contributed by atoms with E-state index >= 15 is 0 Å². The van der Waals surface area contributed by atoms with Gasteiger partial charge in [0.2, 0.25) is 0 Å². The van der Waals surface area contributed by atoms with Crippen LogP contribution in [0.1, 0.15) is 5.56 Å². The fourth-order valence-electron chi connectivity index (χ4n) is 1.05. The summed E-state index contributed by atoms with van der Waals surface area (Å²) in [5, 5.41) is 6.42. The van der Waals surface area contributed by atoms with Crippen molar-refractivity contribution in [3.8, 4) is 0 Å². The molecule has 86 valence electrons. The molecule has 0 unspecified atom stereocenters. The Balaban J connectivity index is 2.86. The molecule has 1 N–H and O–H groups in total. The summed E-state index contributed by atoms with van der Waals surface area (Å²) in [4.78, 5) is 17.6. The fourth-order valence-corrected chi connectivity index (χ4v) is 1.05. The van der Waals surface area contributed by atoms with Gasteiger partial charge in [-0.15, -0.1) is 0 Å². The lowest BCUT2D eigenvalue weighted by atomic mass is 10.2. The monoisotopic (exact) mass is 221 g/mol. The first-order chi connectivity index (χ1) is 7.65. The molecule has 2 amide bonds. The molecule has 1 aromatic carbocycles. The number of amidine groups is 1. The van der Waals surface area contributed by atoms with Gasteiger partial charge in [0.05, 0.1) is 0 Å². The van der Waals surface area contributed by atoms with Crippen LogP contribution in [0, 0.1) is 0 Å². The average Bonchev–Trinajstić information content (AvgIpc) is 2.29. The molecule has 0 saturated heterocycles. The van der Waals surface area contributed by atoms with Crippen LogP contribution in [-0.4, -0.2) is 38.0 Å². The minimum Gasteiger partial charge on any atom is -0.397 e. The Labute approximate surface area is 94.7 Å². The van der Waals surface area contributed by atoms with E-state index in [9.17, 15) is 4.79 Å². The predicted octanol–water partition coefficient (Wildman–Crippen LogP) is 1.27. The van der Waals surface area contributed by atoms with Crippen LogP contribution in [0.25, 0.3) is 0 Å². The normalized spacial score (nSPS) is 10.8. The molecule has 0 radical (unpaired) electrons. The van der Waals surface area contributed by atoms with Crippen LogP contribution in [0.15, 0.2) is 35.5 Å². The van der Waals surface area contributed by atoms with Crippen LogP contribution < -0.4 is 5.32 Å². The van der Waals surface area contributed by atoms with E-state index in [0.717, 1.165) is 5.56 Å². The van der Waals surface area contributed by atoms with Gasteiger partial charge < -0.3 is 9.74 Å². The Bertz CT molecular complexity index is 374. The lowest BCUT2D eigenvalue weighted by molar-refractivity contribution is 0.208. The molecule has 0 fully saturated rings. The van der Waals surface area contributed by atoms with Gasteiger partial charge in [-0.05, 0) is 0 Å². The van der Waals surface area contributed by atoms with Gasteiger partial charge in [-0.3, -0.25) is 5.32 Å². The van der Waals surface area contributed by atoms with E-state index in [1.165, 1.54) is 12.0 Å². The highest BCUT2D eigenvalue weighted by Crippen LogP contribution is 2.00. The molecule has 0 aliphatic carbocycles. The van der Waals surface area contributed by atoms with Crippen LogP contribution in [0.4, 0.5) is 4.79 Å². The van der Waals surface area contributed by atoms with Crippen LogP contribution in [0.2, 0.25) is 0 Å². The highest BCUT2D eigenvalue weighted by Gasteiger charge is 2.09. The first-order valence-electron chi connectivity index (χ1n) is 4.80. The Morgan fingerprint density at radius 1 is 1.31 bits per heavy atom.